The Morgan fingerprint density at radius 2 is 1.97 bits per heavy atom. The quantitative estimate of drug-likeness (QED) is 0.412. The molecule has 0 radical (unpaired) electrons. The molecule has 1 aliphatic rings. The van der Waals surface area contributed by atoms with Gasteiger partial charge in [0.25, 0.3) is 0 Å². The fourth-order valence-electron chi connectivity index (χ4n) is 4.34. The van der Waals surface area contributed by atoms with Gasteiger partial charge in [0.2, 0.25) is 17.9 Å². The highest BCUT2D eigenvalue weighted by Crippen LogP contribution is 2.40. The molecular weight excluding hydrogens is 513 g/mol. The third-order valence-corrected chi connectivity index (χ3v) is 6.43. The summed E-state index contributed by atoms with van der Waals surface area (Å²) >= 11 is 6.09. The summed E-state index contributed by atoms with van der Waals surface area (Å²) < 4.78 is 49.7. The Morgan fingerprint density at radius 3 is 2.59 bits per heavy atom. The number of carboxylic acid groups (broad SMARTS) is 1. The Kier molecular flexibility index (Phi) is 7.76. The van der Waals surface area contributed by atoms with Crippen LogP contribution in [0.3, 0.4) is 0 Å². The van der Waals surface area contributed by atoms with Gasteiger partial charge in [-0.15, -0.1) is 0 Å². The van der Waals surface area contributed by atoms with E-state index in [1.54, 1.807) is 19.2 Å². The van der Waals surface area contributed by atoms with Crippen LogP contribution in [0.5, 0.6) is 5.88 Å². The number of aryl methyl sites for hydroxylation is 1. The van der Waals surface area contributed by atoms with E-state index < -0.39 is 18.2 Å². The highest BCUT2D eigenvalue weighted by molar-refractivity contribution is 6.30. The number of rotatable bonds is 8. The smallest absolute Gasteiger partial charge is 0.429 e. The van der Waals surface area contributed by atoms with E-state index in [0.717, 1.165) is 12.8 Å². The third-order valence-electron chi connectivity index (χ3n) is 6.19. The van der Waals surface area contributed by atoms with Crippen molar-refractivity contribution in [2.45, 2.75) is 44.9 Å². The van der Waals surface area contributed by atoms with Crippen LogP contribution in [-0.4, -0.2) is 50.1 Å². The molecule has 0 bridgehead atoms. The van der Waals surface area contributed by atoms with Crippen LogP contribution < -0.4 is 15.4 Å². The van der Waals surface area contributed by atoms with Crippen molar-refractivity contribution in [3.63, 3.8) is 0 Å². The van der Waals surface area contributed by atoms with Crippen molar-refractivity contribution in [3.8, 4) is 11.6 Å². The van der Waals surface area contributed by atoms with E-state index in [9.17, 15) is 18.0 Å². The number of ether oxygens (including phenoxy) is 1. The molecule has 3 N–H and O–H groups in total. The topological polar surface area (TPSA) is 119 Å². The van der Waals surface area contributed by atoms with E-state index in [4.69, 9.17) is 27.2 Å². The Labute approximate surface area is 216 Å². The summed E-state index contributed by atoms with van der Waals surface area (Å²) in [4.78, 5) is 20.8. The van der Waals surface area contributed by atoms with E-state index in [0.29, 0.717) is 31.0 Å². The SMILES string of the molecule is Cc1ccn(-c2cc(Cl)ccc2[C@@H](Oc2cc(N3CCC(CCC(=O)O)CC3)nc(N)n2)C(F)(F)F)n1. The van der Waals surface area contributed by atoms with Crippen LogP contribution in [0.15, 0.2) is 36.5 Å². The molecule has 0 aliphatic carbocycles. The number of nitrogen functional groups attached to an aromatic ring is 1. The van der Waals surface area contributed by atoms with Crippen molar-refractivity contribution in [1.29, 1.82) is 0 Å². The number of anilines is 2. The van der Waals surface area contributed by atoms with E-state index >= 15 is 0 Å². The minimum Gasteiger partial charge on any atom is -0.481 e. The maximum Gasteiger partial charge on any atom is 0.429 e. The molecule has 4 rings (SSSR count). The van der Waals surface area contributed by atoms with Crippen LogP contribution in [-0.2, 0) is 4.79 Å². The fraction of sp³-hybridized carbons (Fsp3) is 0.417. The van der Waals surface area contributed by atoms with Gasteiger partial charge in [0.05, 0.1) is 11.4 Å². The highest BCUT2D eigenvalue weighted by atomic mass is 35.5. The van der Waals surface area contributed by atoms with Gasteiger partial charge in [0.15, 0.2) is 0 Å². The largest absolute Gasteiger partial charge is 0.481 e. The molecule has 37 heavy (non-hydrogen) atoms. The van der Waals surface area contributed by atoms with E-state index in [1.165, 1.54) is 28.9 Å². The molecule has 0 spiro atoms. The van der Waals surface area contributed by atoms with Gasteiger partial charge in [-0.2, -0.15) is 28.2 Å². The van der Waals surface area contributed by atoms with Gasteiger partial charge >= 0.3 is 12.1 Å². The number of alkyl halides is 3. The van der Waals surface area contributed by atoms with Gasteiger partial charge < -0.3 is 20.5 Å². The van der Waals surface area contributed by atoms with Gasteiger partial charge in [0.1, 0.15) is 5.82 Å². The van der Waals surface area contributed by atoms with Crippen LogP contribution in [0, 0.1) is 12.8 Å². The average molecular weight is 539 g/mol. The molecule has 1 aromatic carbocycles. The number of piperidine rings is 1. The average Bonchev–Trinajstić information content (AvgIpc) is 3.27. The number of aromatic nitrogens is 4. The number of hydrogen-bond donors (Lipinski definition) is 2. The summed E-state index contributed by atoms with van der Waals surface area (Å²) in [6, 6.07) is 6.99. The lowest BCUT2D eigenvalue weighted by molar-refractivity contribution is -0.198. The van der Waals surface area contributed by atoms with Crippen molar-refractivity contribution in [1.82, 2.24) is 19.7 Å². The second kappa shape index (κ2) is 10.8. The first kappa shape index (κ1) is 26.5. The Bertz CT molecular complexity index is 1260. The van der Waals surface area contributed by atoms with Crippen molar-refractivity contribution >= 4 is 29.3 Å². The Hall–Kier alpha value is -3.54. The van der Waals surface area contributed by atoms with Crippen LogP contribution in [0.4, 0.5) is 24.9 Å². The van der Waals surface area contributed by atoms with Crippen molar-refractivity contribution in [2.75, 3.05) is 23.7 Å². The molecule has 0 unspecified atom stereocenters. The lowest BCUT2D eigenvalue weighted by Gasteiger charge is -2.33. The van der Waals surface area contributed by atoms with Crippen LogP contribution >= 0.6 is 11.6 Å². The summed E-state index contributed by atoms with van der Waals surface area (Å²) in [6.07, 6.45) is -3.49. The van der Waals surface area contributed by atoms with Crippen molar-refractivity contribution in [2.24, 2.45) is 5.92 Å². The number of hydrogen-bond acceptors (Lipinski definition) is 7. The third kappa shape index (κ3) is 6.62. The summed E-state index contributed by atoms with van der Waals surface area (Å²) in [7, 11) is 0. The molecule has 198 valence electrons. The summed E-state index contributed by atoms with van der Waals surface area (Å²) in [5.74, 6) is -0.778. The zero-order chi connectivity index (χ0) is 26.7. The standard InChI is InChI=1S/C24H26ClF3N6O3/c1-14-6-11-34(32-14)18-12-16(25)3-4-17(18)22(24(26,27)28)37-20-13-19(30-23(29)31-20)33-9-7-15(8-10-33)2-5-21(35)36/h3-4,6,11-13,15,22H,2,5,7-10H2,1H3,(H,35,36)(H2,29,30,31)/t22-/m1/s1. The molecule has 1 fully saturated rings. The fourth-order valence-corrected chi connectivity index (χ4v) is 4.51. The number of carboxylic acids is 1. The predicted octanol–water partition coefficient (Wildman–Crippen LogP) is 4.97. The molecule has 9 nitrogen and oxygen atoms in total. The summed E-state index contributed by atoms with van der Waals surface area (Å²) in [5.41, 5.74) is 6.38. The number of nitrogens with two attached hydrogens (primary N) is 1. The lowest BCUT2D eigenvalue weighted by Crippen LogP contribution is -2.34. The number of aliphatic carboxylic acids is 1. The number of nitrogens with zero attached hydrogens (tertiary/aromatic N) is 5. The first-order chi connectivity index (χ1) is 17.5. The minimum absolute atomic E-state index is 0.104. The lowest BCUT2D eigenvalue weighted by atomic mass is 9.92. The molecular formula is C24H26ClF3N6O3. The van der Waals surface area contributed by atoms with Crippen molar-refractivity contribution in [3.05, 3.63) is 52.8 Å². The molecule has 0 saturated carbocycles. The monoisotopic (exact) mass is 538 g/mol. The molecule has 13 heteroatoms. The van der Waals surface area contributed by atoms with E-state index in [-0.39, 0.29) is 40.4 Å². The molecule has 1 saturated heterocycles. The maximum absolute atomic E-state index is 14.3. The van der Waals surface area contributed by atoms with Gasteiger partial charge in [-0.1, -0.05) is 17.7 Å². The molecule has 1 atom stereocenters. The zero-order valence-corrected chi connectivity index (χ0v) is 20.7. The first-order valence-corrected chi connectivity index (χ1v) is 12.0. The van der Waals surface area contributed by atoms with Crippen molar-refractivity contribution < 1.29 is 27.8 Å². The van der Waals surface area contributed by atoms with Gasteiger partial charge in [-0.3, -0.25) is 4.79 Å². The molecule has 1 aliphatic heterocycles. The number of benzene rings is 1. The zero-order valence-electron chi connectivity index (χ0n) is 20.0. The van der Waals surface area contributed by atoms with E-state index in [1.807, 2.05) is 4.90 Å². The van der Waals surface area contributed by atoms with Gasteiger partial charge in [0, 0.05) is 42.4 Å². The minimum atomic E-state index is -4.80. The second-order valence-electron chi connectivity index (χ2n) is 8.93. The number of halogens is 4. The molecule has 3 heterocycles. The molecule has 0 amide bonds. The second-order valence-corrected chi connectivity index (χ2v) is 9.37. The van der Waals surface area contributed by atoms with Crippen LogP contribution in [0.25, 0.3) is 5.69 Å². The first-order valence-electron chi connectivity index (χ1n) is 11.7. The Morgan fingerprint density at radius 1 is 1.24 bits per heavy atom. The maximum atomic E-state index is 14.3. The molecule has 3 aromatic rings. The van der Waals surface area contributed by atoms with Gasteiger partial charge in [-0.25, -0.2) is 4.68 Å². The normalized spacial score (nSPS) is 15.5. The highest BCUT2D eigenvalue weighted by Gasteiger charge is 2.45. The van der Waals surface area contributed by atoms with E-state index in [2.05, 4.69) is 15.1 Å². The van der Waals surface area contributed by atoms with Crippen LogP contribution in [0.2, 0.25) is 5.02 Å². The Balaban J connectivity index is 1.60. The predicted molar refractivity (Wildman–Crippen MR) is 131 cm³/mol. The number of carbonyl (C=O) groups is 1. The summed E-state index contributed by atoms with van der Waals surface area (Å²) in [5, 5.41) is 13.4. The summed E-state index contributed by atoms with van der Waals surface area (Å²) in [6.45, 7) is 2.84. The van der Waals surface area contributed by atoms with Gasteiger partial charge in [-0.05, 0) is 50.3 Å². The van der Waals surface area contributed by atoms with Crippen LogP contribution in [0.1, 0.15) is 43.0 Å². The molecule has 2 aromatic heterocycles.